The van der Waals surface area contributed by atoms with Crippen molar-refractivity contribution in [2.24, 2.45) is 0 Å². The van der Waals surface area contributed by atoms with E-state index in [0.717, 1.165) is 24.8 Å². The van der Waals surface area contributed by atoms with Gasteiger partial charge in [0, 0.05) is 12.1 Å². The molecule has 0 saturated carbocycles. The predicted molar refractivity (Wildman–Crippen MR) is 93.5 cm³/mol. The molecule has 1 fully saturated rings. The number of likely N-dealkylation sites (tertiary alicyclic amines) is 1. The van der Waals surface area contributed by atoms with E-state index in [9.17, 15) is 14.0 Å². The molecule has 25 heavy (non-hydrogen) atoms. The van der Waals surface area contributed by atoms with Crippen molar-refractivity contribution in [3.8, 4) is 0 Å². The highest BCUT2D eigenvalue weighted by Gasteiger charge is 2.28. The highest BCUT2D eigenvalue weighted by molar-refractivity contribution is 5.96. The summed E-state index contributed by atoms with van der Waals surface area (Å²) in [6, 6.07) is 15.1. The van der Waals surface area contributed by atoms with Gasteiger partial charge in [0.05, 0.1) is 12.6 Å². The summed E-state index contributed by atoms with van der Waals surface area (Å²) >= 11 is 0. The summed E-state index contributed by atoms with van der Waals surface area (Å²) in [6.45, 7) is 0.570. The van der Waals surface area contributed by atoms with Crippen LogP contribution in [0.25, 0.3) is 0 Å². The molecule has 1 N–H and O–H groups in total. The summed E-state index contributed by atoms with van der Waals surface area (Å²) in [7, 11) is 0. The molecule has 0 spiro atoms. The van der Waals surface area contributed by atoms with Gasteiger partial charge >= 0.3 is 0 Å². The molecule has 0 aromatic heterocycles. The first kappa shape index (κ1) is 17.1. The van der Waals surface area contributed by atoms with E-state index >= 15 is 0 Å². The zero-order chi connectivity index (χ0) is 17.6. The highest BCUT2D eigenvalue weighted by Crippen LogP contribution is 2.31. The number of piperidine rings is 1. The van der Waals surface area contributed by atoms with Gasteiger partial charge in [-0.15, -0.1) is 0 Å². The van der Waals surface area contributed by atoms with Crippen LogP contribution in [0, 0.1) is 5.82 Å². The van der Waals surface area contributed by atoms with Crippen molar-refractivity contribution in [2.75, 3.05) is 13.1 Å². The minimum absolute atomic E-state index is 0.0560. The molecule has 1 unspecified atom stereocenters. The molecule has 1 aliphatic rings. The predicted octanol–water partition coefficient (Wildman–Crippen LogP) is 3.31. The van der Waals surface area contributed by atoms with Crippen molar-refractivity contribution in [1.29, 1.82) is 0 Å². The Morgan fingerprint density at radius 1 is 1.08 bits per heavy atom. The summed E-state index contributed by atoms with van der Waals surface area (Å²) in [5, 5.41) is 2.68. The van der Waals surface area contributed by atoms with Crippen LogP contribution in [0.4, 0.5) is 4.39 Å². The molecule has 2 aromatic rings. The molecule has 4 nitrogen and oxygen atoms in total. The van der Waals surface area contributed by atoms with Gasteiger partial charge in [-0.1, -0.05) is 30.3 Å². The van der Waals surface area contributed by atoms with E-state index in [1.54, 1.807) is 35.2 Å². The lowest BCUT2D eigenvalue weighted by atomic mass is 9.95. The van der Waals surface area contributed by atoms with Crippen molar-refractivity contribution in [1.82, 2.24) is 10.2 Å². The van der Waals surface area contributed by atoms with Crippen molar-refractivity contribution >= 4 is 11.8 Å². The van der Waals surface area contributed by atoms with E-state index in [0.29, 0.717) is 12.1 Å². The lowest BCUT2D eigenvalue weighted by Crippen LogP contribution is -2.44. The topological polar surface area (TPSA) is 49.4 Å². The second-order valence-corrected chi connectivity index (χ2v) is 6.20. The van der Waals surface area contributed by atoms with Crippen LogP contribution in [0.5, 0.6) is 0 Å². The summed E-state index contributed by atoms with van der Waals surface area (Å²) in [4.78, 5) is 26.5. The summed E-state index contributed by atoms with van der Waals surface area (Å²) in [5.74, 6) is -0.709. The molecule has 1 saturated heterocycles. The molecule has 3 rings (SSSR count). The van der Waals surface area contributed by atoms with Crippen LogP contribution in [0.2, 0.25) is 0 Å². The molecule has 130 valence electrons. The van der Waals surface area contributed by atoms with Crippen LogP contribution in [-0.2, 0) is 4.79 Å². The number of carbonyl (C=O) groups is 2. The largest absolute Gasteiger partial charge is 0.343 e. The number of halogens is 1. The van der Waals surface area contributed by atoms with Crippen LogP contribution in [-0.4, -0.2) is 29.8 Å². The molecule has 2 amide bonds. The Hall–Kier alpha value is -2.69. The molecule has 0 radical (unpaired) electrons. The van der Waals surface area contributed by atoms with E-state index in [1.807, 2.05) is 12.1 Å². The van der Waals surface area contributed by atoms with Gasteiger partial charge < -0.3 is 10.2 Å². The number of hydrogen-bond acceptors (Lipinski definition) is 2. The second-order valence-electron chi connectivity index (χ2n) is 6.20. The number of rotatable bonds is 4. The van der Waals surface area contributed by atoms with E-state index < -0.39 is 0 Å². The molecule has 5 heteroatoms. The van der Waals surface area contributed by atoms with E-state index in [4.69, 9.17) is 0 Å². The quantitative estimate of drug-likeness (QED) is 0.928. The fourth-order valence-electron chi connectivity index (χ4n) is 3.24. The van der Waals surface area contributed by atoms with E-state index in [1.165, 1.54) is 12.1 Å². The third-order valence-corrected chi connectivity index (χ3v) is 4.49. The third-order valence-electron chi connectivity index (χ3n) is 4.49. The number of nitrogens with zero attached hydrogens (tertiary/aromatic N) is 1. The summed E-state index contributed by atoms with van der Waals surface area (Å²) in [6.07, 6.45) is 2.73. The lowest BCUT2D eigenvalue weighted by Gasteiger charge is -2.36. The van der Waals surface area contributed by atoms with Gasteiger partial charge in [0.25, 0.3) is 5.91 Å². The zero-order valence-corrected chi connectivity index (χ0v) is 14.0. The fraction of sp³-hybridized carbons (Fsp3) is 0.300. The first-order valence-corrected chi connectivity index (χ1v) is 8.53. The molecule has 1 atom stereocenters. The Balaban J connectivity index is 1.66. The van der Waals surface area contributed by atoms with Crippen LogP contribution >= 0.6 is 0 Å². The summed E-state index contributed by atoms with van der Waals surface area (Å²) in [5.41, 5.74) is 1.33. The number of amides is 2. The Morgan fingerprint density at radius 3 is 2.64 bits per heavy atom. The Kier molecular flexibility index (Phi) is 5.43. The van der Waals surface area contributed by atoms with Crippen molar-refractivity contribution in [3.63, 3.8) is 0 Å². The Morgan fingerprint density at radius 2 is 1.88 bits per heavy atom. The number of carbonyl (C=O) groups excluding carboxylic acids is 2. The fourth-order valence-corrected chi connectivity index (χ4v) is 3.24. The molecule has 0 aliphatic carbocycles. The molecule has 1 aliphatic heterocycles. The molecule has 0 bridgehead atoms. The first-order valence-electron chi connectivity index (χ1n) is 8.53. The third kappa shape index (κ3) is 4.24. The Labute approximate surface area is 146 Å². The molecule has 1 heterocycles. The van der Waals surface area contributed by atoms with E-state index in [2.05, 4.69) is 5.32 Å². The zero-order valence-electron chi connectivity index (χ0n) is 14.0. The highest BCUT2D eigenvalue weighted by atomic mass is 19.1. The first-order chi connectivity index (χ1) is 12.1. The van der Waals surface area contributed by atoms with E-state index in [-0.39, 0.29) is 30.2 Å². The summed E-state index contributed by atoms with van der Waals surface area (Å²) < 4.78 is 13.5. The number of benzene rings is 2. The van der Waals surface area contributed by atoms with Crippen LogP contribution in [0.15, 0.2) is 54.6 Å². The maximum absolute atomic E-state index is 13.5. The SMILES string of the molecule is O=C(NCC(=O)N1CCCCC1c1cccc(F)c1)c1ccccc1. The smallest absolute Gasteiger partial charge is 0.251 e. The van der Waals surface area contributed by atoms with Crippen LogP contribution in [0.1, 0.15) is 41.2 Å². The minimum Gasteiger partial charge on any atom is -0.343 e. The maximum Gasteiger partial charge on any atom is 0.251 e. The standard InChI is InChI=1S/C20H21FN2O2/c21-17-10-6-9-16(13-17)18-11-4-5-12-23(18)19(24)14-22-20(25)15-7-2-1-3-8-15/h1-3,6-10,13,18H,4-5,11-12,14H2,(H,22,25). The number of hydrogen-bond donors (Lipinski definition) is 1. The monoisotopic (exact) mass is 340 g/mol. The lowest BCUT2D eigenvalue weighted by molar-refractivity contribution is -0.133. The van der Waals surface area contributed by atoms with Gasteiger partial charge in [0.1, 0.15) is 5.82 Å². The van der Waals surface area contributed by atoms with Gasteiger partial charge in [0.2, 0.25) is 5.91 Å². The number of nitrogens with one attached hydrogen (secondary N) is 1. The van der Waals surface area contributed by atoms with Gasteiger partial charge in [-0.3, -0.25) is 9.59 Å². The average Bonchev–Trinajstić information content (AvgIpc) is 2.66. The molecular weight excluding hydrogens is 319 g/mol. The minimum atomic E-state index is -0.298. The van der Waals surface area contributed by atoms with Crippen LogP contribution < -0.4 is 5.32 Å². The molecule has 2 aromatic carbocycles. The maximum atomic E-state index is 13.5. The van der Waals surface area contributed by atoms with Crippen LogP contribution in [0.3, 0.4) is 0 Å². The normalized spacial score (nSPS) is 17.2. The van der Waals surface area contributed by atoms with Gasteiger partial charge in [-0.2, -0.15) is 0 Å². The second kappa shape index (κ2) is 7.92. The van der Waals surface area contributed by atoms with Gasteiger partial charge in [-0.05, 0) is 49.1 Å². The Bertz CT molecular complexity index is 748. The van der Waals surface area contributed by atoms with Crippen molar-refractivity contribution in [3.05, 3.63) is 71.5 Å². The van der Waals surface area contributed by atoms with Gasteiger partial charge in [-0.25, -0.2) is 4.39 Å². The van der Waals surface area contributed by atoms with Gasteiger partial charge in [0.15, 0.2) is 0 Å². The molecular formula is C20H21FN2O2. The average molecular weight is 340 g/mol. The van der Waals surface area contributed by atoms with Crippen molar-refractivity contribution in [2.45, 2.75) is 25.3 Å². The van der Waals surface area contributed by atoms with Crippen molar-refractivity contribution < 1.29 is 14.0 Å².